The highest BCUT2D eigenvalue weighted by atomic mass is 35.5. The molecule has 0 aliphatic carbocycles. The van der Waals surface area contributed by atoms with E-state index < -0.39 is 0 Å². The van der Waals surface area contributed by atoms with Gasteiger partial charge >= 0.3 is 0 Å². The number of methoxy groups -OCH3 is 2. The number of carbonyl (C=O) groups is 1. The molecular formula is C18H25ClN2O5. The zero-order valence-electron chi connectivity index (χ0n) is 15.1. The second-order valence-corrected chi connectivity index (χ2v) is 6.79. The molecule has 3 rings (SSSR count). The second-order valence-electron chi connectivity index (χ2n) is 6.38. The van der Waals surface area contributed by atoms with Crippen molar-refractivity contribution in [3.05, 3.63) is 17.2 Å². The number of benzene rings is 1. The van der Waals surface area contributed by atoms with Crippen molar-refractivity contribution in [2.24, 2.45) is 0 Å². The van der Waals surface area contributed by atoms with Crippen LogP contribution in [0, 0.1) is 0 Å². The van der Waals surface area contributed by atoms with E-state index in [1.807, 2.05) is 0 Å². The third-order valence-corrected chi connectivity index (χ3v) is 5.02. The molecule has 0 spiro atoms. The van der Waals surface area contributed by atoms with Gasteiger partial charge in [-0.1, -0.05) is 18.0 Å². The monoisotopic (exact) mass is 384 g/mol. The molecule has 2 saturated heterocycles. The van der Waals surface area contributed by atoms with Crippen LogP contribution in [-0.2, 0) is 14.3 Å². The number of likely N-dealkylation sites (tertiary alicyclic amines) is 1. The molecule has 0 bridgehead atoms. The maximum Gasteiger partial charge on any atom is 0.238 e. The van der Waals surface area contributed by atoms with Gasteiger partial charge in [0, 0.05) is 6.07 Å². The van der Waals surface area contributed by atoms with Crippen LogP contribution in [0.15, 0.2) is 12.1 Å². The smallest absolute Gasteiger partial charge is 0.238 e. The molecule has 144 valence electrons. The van der Waals surface area contributed by atoms with E-state index >= 15 is 0 Å². The van der Waals surface area contributed by atoms with Gasteiger partial charge in [-0.25, -0.2) is 0 Å². The van der Waals surface area contributed by atoms with Crippen molar-refractivity contribution >= 4 is 23.2 Å². The lowest BCUT2D eigenvalue weighted by molar-refractivity contribution is -0.127. The van der Waals surface area contributed by atoms with Crippen molar-refractivity contribution in [2.75, 3.05) is 45.8 Å². The highest BCUT2D eigenvalue weighted by Crippen LogP contribution is 2.36. The van der Waals surface area contributed by atoms with Gasteiger partial charge in [0.1, 0.15) is 11.5 Å². The molecule has 2 aliphatic heterocycles. The molecule has 8 heteroatoms. The van der Waals surface area contributed by atoms with E-state index in [4.69, 9.17) is 30.5 Å². The Morgan fingerprint density at radius 3 is 2.65 bits per heavy atom. The number of rotatable bonds is 6. The normalized spacial score (nSPS) is 21.6. The topological polar surface area (TPSA) is 69.3 Å². The Labute approximate surface area is 158 Å². The van der Waals surface area contributed by atoms with Gasteiger partial charge in [0.25, 0.3) is 0 Å². The maximum absolute atomic E-state index is 12.6. The second kappa shape index (κ2) is 8.90. The number of carbonyl (C=O) groups excluding carboxylic acids is 1. The predicted molar refractivity (Wildman–Crippen MR) is 98.1 cm³/mol. The zero-order valence-corrected chi connectivity index (χ0v) is 15.9. The number of halogens is 1. The van der Waals surface area contributed by atoms with Crippen LogP contribution in [0.25, 0.3) is 0 Å². The first-order valence-electron chi connectivity index (χ1n) is 8.81. The summed E-state index contributed by atoms with van der Waals surface area (Å²) in [7, 11) is 3.07. The first-order chi connectivity index (χ1) is 12.6. The van der Waals surface area contributed by atoms with Crippen LogP contribution in [0.3, 0.4) is 0 Å². The van der Waals surface area contributed by atoms with Gasteiger partial charge in [-0.05, 0) is 25.5 Å². The summed E-state index contributed by atoms with van der Waals surface area (Å²) in [5.74, 6) is 0.861. The Morgan fingerprint density at radius 2 is 1.96 bits per heavy atom. The standard InChI is InChI=1S/C18H25ClN2O5/c1-23-15-10-16(24-2)13(9-12(15)19)20-17(22)11-21-6-4-3-5-14(21)18-25-7-8-26-18/h9-10,14,18H,3-8,11H2,1-2H3,(H,20,22). The number of amides is 1. The zero-order chi connectivity index (χ0) is 18.5. The fourth-order valence-electron chi connectivity index (χ4n) is 3.45. The Hall–Kier alpha value is -1.54. The summed E-state index contributed by atoms with van der Waals surface area (Å²) in [5, 5.41) is 3.29. The molecule has 1 unspecified atom stereocenters. The minimum atomic E-state index is -0.243. The molecule has 0 saturated carbocycles. The molecule has 1 atom stereocenters. The van der Waals surface area contributed by atoms with Gasteiger partial charge in [0.15, 0.2) is 6.29 Å². The van der Waals surface area contributed by atoms with Crippen molar-refractivity contribution in [1.29, 1.82) is 0 Å². The summed E-state index contributed by atoms with van der Waals surface area (Å²) in [6.07, 6.45) is 2.91. The van der Waals surface area contributed by atoms with E-state index in [2.05, 4.69) is 10.2 Å². The molecule has 0 aromatic heterocycles. The van der Waals surface area contributed by atoms with Crippen LogP contribution < -0.4 is 14.8 Å². The molecule has 1 aromatic rings. The van der Waals surface area contributed by atoms with Crippen LogP contribution in [0.1, 0.15) is 19.3 Å². The van der Waals surface area contributed by atoms with E-state index in [1.165, 1.54) is 14.2 Å². The van der Waals surface area contributed by atoms with Gasteiger partial charge in [-0.3, -0.25) is 9.69 Å². The summed E-state index contributed by atoms with van der Waals surface area (Å²) >= 11 is 6.17. The van der Waals surface area contributed by atoms with E-state index in [0.717, 1.165) is 25.8 Å². The summed E-state index contributed by atoms with van der Waals surface area (Å²) in [6, 6.07) is 3.40. The average Bonchev–Trinajstić information content (AvgIpc) is 3.17. The largest absolute Gasteiger partial charge is 0.495 e. The lowest BCUT2D eigenvalue weighted by atomic mass is 10.0. The maximum atomic E-state index is 12.6. The van der Waals surface area contributed by atoms with Crippen molar-refractivity contribution in [1.82, 2.24) is 4.90 Å². The van der Waals surface area contributed by atoms with Crippen LogP contribution in [0.4, 0.5) is 5.69 Å². The lowest BCUT2D eigenvalue weighted by Gasteiger charge is -2.37. The average molecular weight is 385 g/mol. The minimum absolute atomic E-state index is 0.110. The van der Waals surface area contributed by atoms with Gasteiger partial charge < -0.3 is 24.3 Å². The summed E-state index contributed by atoms with van der Waals surface area (Å²) in [4.78, 5) is 14.7. The van der Waals surface area contributed by atoms with Gasteiger partial charge in [-0.15, -0.1) is 0 Å². The van der Waals surface area contributed by atoms with Crippen molar-refractivity contribution in [3.8, 4) is 11.5 Å². The van der Waals surface area contributed by atoms with Crippen molar-refractivity contribution in [2.45, 2.75) is 31.6 Å². The molecule has 2 aliphatic rings. The Bertz CT molecular complexity index is 636. The van der Waals surface area contributed by atoms with E-state index in [0.29, 0.717) is 35.4 Å². The molecule has 1 aromatic carbocycles. The van der Waals surface area contributed by atoms with Crippen LogP contribution in [0.5, 0.6) is 11.5 Å². The molecule has 26 heavy (non-hydrogen) atoms. The van der Waals surface area contributed by atoms with Crippen molar-refractivity contribution in [3.63, 3.8) is 0 Å². The Balaban J connectivity index is 1.66. The Morgan fingerprint density at radius 1 is 1.23 bits per heavy atom. The SMILES string of the molecule is COc1cc(OC)c(NC(=O)CN2CCCCC2C2OCCO2)cc1Cl. The first kappa shape index (κ1) is 19.2. The van der Waals surface area contributed by atoms with Gasteiger partial charge in [0.05, 0.1) is 50.7 Å². The van der Waals surface area contributed by atoms with Gasteiger partial charge in [-0.2, -0.15) is 0 Å². The fourth-order valence-corrected chi connectivity index (χ4v) is 3.69. The molecule has 1 N–H and O–H groups in total. The summed E-state index contributed by atoms with van der Waals surface area (Å²) < 4.78 is 21.8. The van der Waals surface area contributed by atoms with Crippen LogP contribution >= 0.6 is 11.6 Å². The molecule has 1 amide bonds. The van der Waals surface area contributed by atoms with E-state index in [-0.39, 0.29) is 24.8 Å². The molecular weight excluding hydrogens is 360 g/mol. The van der Waals surface area contributed by atoms with E-state index in [9.17, 15) is 4.79 Å². The van der Waals surface area contributed by atoms with Crippen molar-refractivity contribution < 1.29 is 23.7 Å². The lowest BCUT2D eigenvalue weighted by Crippen LogP contribution is -2.50. The molecule has 0 radical (unpaired) electrons. The molecule has 2 heterocycles. The van der Waals surface area contributed by atoms with Crippen LogP contribution in [0.2, 0.25) is 5.02 Å². The third kappa shape index (κ3) is 4.40. The third-order valence-electron chi connectivity index (χ3n) is 4.72. The minimum Gasteiger partial charge on any atom is -0.495 e. The quantitative estimate of drug-likeness (QED) is 0.812. The Kier molecular flexibility index (Phi) is 6.58. The molecule has 2 fully saturated rings. The number of anilines is 1. The van der Waals surface area contributed by atoms with E-state index in [1.54, 1.807) is 12.1 Å². The number of nitrogens with zero attached hydrogens (tertiary/aromatic N) is 1. The van der Waals surface area contributed by atoms with Crippen LogP contribution in [-0.4, -0.2) is 63.7 Å². The number of hydrogen-bond acceptors (Lipinski definition) is 6. The van der Waals surface area contributed by atoms with Gasteiger partial charge in [0.2, 0.25) is 5.91 Å². The predicted octanol–water partition coefficient (Wildman–Crippen LogP) is 2.52. The highest BCUT2D eigenvalue weighted by molar-refractivity contribution is 6.32. The summed E-state index contributed by atoms with van der Waals surface area (Å²) in [6.45, 7) is 2.34. The summed E-state index contributed by atoms with van der Waals surface area (Å²) in [5.41, 5.74) is 0.519. The fraction of sp³-hybridized carbons (Fsp3) is 0.611. The number of piperidine rings is 1. The molecule has 7 nitrogen and oxygen atoms in total. The number of ether oxygens (including phenoxy) is 4. The number of hydrogen-bond donors (Lipinski definition) is 1. The first-order valence-corrected chi connectivity index (χ1v) is 9.19. The highest BCUT2D eigenvalue weighted by Gasteiger charge is 2.34. The number of nitrogens with one attached hydrogen (secondary N) is 1.